The zero-order valence-electron chi connectivity index (χ0n) is 4.74. The maximum atomic E-state index is 4.52. The molecule has 0 heterocycles. The molecule has 0 saturated heterocycles. The van der Waals surface area contributed by atoms with E-state index in [9.17, 15) is 0 Å². The molecule has 0 nitrogen and oxygen atoms in total. The van der Waals surface area contributed by atoms with Gasteiger partial charge in [-0.05, 0) is 12.8 Å². The van der Waals surface area contributed by atoms with Gasteiger partial charge >= 0.3 is 0 Å². The van der Waals surface area contributed by atoms with E-state index >= 15 is 0 Å². The minimum Gasteiger partial charge on any atom is -0.0837 e. The number of thiocarbonyl (C=S) groups is 1. The molecule has 41 valence electrons. The molecule has 7 heavy (non-hydrogen) atoms. The fraction of sp³-hybridized carbons (Fsp3) is 0.833. The van der Waals surface area contributed by atoms with Crippen LogP contribution < -0.4 is 0 Å². The molecule has 0 aliphatic heterocycles. The molecule has 0 aliphatic carbocycles. The molecule has 0 unspecified atom stereocenters. The fourth-order valence-corrected chi connectivity index (χ4v) is 0.592. The Morgan fingerprint density at radius 2 is 2.14 bits per heavy atom. The van der Waals surface area contributed by atoms with Gasteiger partial charge in [-0.1, -0.05) is 32.0 Å². The molecule has 1 radical (unpaired) electrons. The van der Waals surface area contributed by atoms with Crippen LogP contribution in [0.3, 0.4) is 0 Å². The van der Waals surface area contributed by atoms with Crippen LogP contribution in [0.15, 0.2) is 0 Å². The lowest BCUT2D eigenvalue weighted by Gasteiger charge is -1.86. The molecular formula is C6H11S. The van der Waals surface area contributed by atoms with E-state index in [-0.39, 0.29) is 0 Å². The monoisotopic (exact) mass is 115 g/mol. The van der Waals surface area contributed by atoms with Crippen molar-refractivity contribution in [2.24, 2.45) is 0 Å². The van der Waals surface area contributed by atoms with Crippen molar-refractivity contribution < 1.29 is 0 Å². The van der Waals surface area contributed by atoms with Gasteiger partial charge in [0.2, 0.25) is 0 Å². The minimum atomic E-state index is 0.989. The molecule has 0 saturated carbocycles. The Labute approximate surface area is 50.9 Å². The second-order valence-electron chi connectivity index (χ2n) is 1.60. The molecule has 0 aromatic rings. The molecule has 0 rings (SSSR count). The summed E-state index contributed by atoms with van der Waals surface area (Å²) in [5.41, 5.74) is 0. The van der Waals surface area contributed by atoms with Crippen molar-refractivity contribution in [3.8, 4) is 0 Å². The Bertz CT molecular complexity index is 41.4. The van der Waals surface area contributed by atoms with E-state index in [1.165, 1.54) is 19.3 Å². The standard InChI is InChI=1S/C6H11S/c1-2-3-4-5-6-7/h2-5H2,1H3. The van der Waals surface area contributed by atoms with Crippen molar-refractivity contribution >= 4 is 17.6 Å². The van der Waals surface area contributed by atoms with Crippen molar-refractivity contribution in [1.82, 2.24) is 0 Å². The van der Waals surface area contributed by atoms with E-state index in [4.69, 9.17) is 0 Å². The first kappa shape index (κ1) is 7.09. The first-order valence-electron chi connectivity index (χ1n) is 2.76. The van der Waals surface area contributed by atoms with Gasteiger partial charge in [0.25, 0.3) is 0 Å². The fourth-order valence-electron chi connectivity index (χ4n) is 0.447. The highest BCUT2D eigenvalue weighted by Crippen LogP contribution is 1.95. The summed E-state index contributed by atoms with van der Waals surface area (Å²) in [4.78, 5) is 0. The van der Waals surface area contributed by atoms with Crippen LogP contribution in [0.2, 0.25) is 0 Å². The largest absolute Gasteiger partial charge is 0.0837 e. The molecule has 0 spiro atoms. The van der Waals surface area contributed by atoms with Crippen molar-refractivity contribution in [2.75, 3.05) is 0 Å². The molecule has 0 fully saturated rings. The number of unbranched alkanes of at least 4 members (excludes halogenated alkanes) is 3. The lowest BCUT2D eigenvalue weighted by Crippen LogP contribution is -1.72. The van der Waals surface area contributed by atoms with Crippen molar-refractivity contribution in [3.05, 3.63) is 0 Å². The lowest BCUT2D eigenvalue weighted by molar-refractivity contribution is 0.748. The minimum absolute atomic E-state index is 0.989. The summed E-state index contributed by atoms with van der Waals surface area (Å²) in [6, 6.07) is 0. The quantitative estimate of drug-likeness (QED) is 0.400. The van der Waals surface area contributed by atoms with Gasteiger partial charge in [-0.15, -0.1) is 0 Å². The smallest absolute Gasteiger partial charge is 0.0291 e. The summed E-state index contributed by atoms with van der Waals surface area (Å²) >= 11 is 4.52. The van der Waals surface area contributed by atoms with Gasteiger partial charge < -0.3 is 0 Å². The second-order valence-corrected chi connectivity index (χ2v) is 1.89. The van der Waals surface area contributed by atoms with Gasteiger partial charge in [-0.3, -0.25) is 0 Å². The van der Waals surface area contributed by atoms with Crippen LogP contribution in [0.1, 0.15) is 32.6 Å². The highest BCUT2D eigenvalue weighted by molar-refractivity contribution is 7.78. The average Bonchev–Trinajstić information content (AvgIpc) is 1.69. The zero-order chi connectivity index (χ0) is 5.54. The molecule has 0 atom stereocenters. The summed E-state index contributed by atoms with van der Waals surface area (Å²) in [5, 5.41) is 2.69. The number of hydrogen-bond acceptors (Lipinski definition) is 1. The Balaban J connectivity index is 2.56. The summed E-state index contributed by atoms with van der Waals surface area (Å²) < 4.78 is 0. The van der Waals surface area contributed by atoms with Gasteiger partial charge in [-0.25, -0.2) is 0 Å². The van der Waals surface area contributed by atoms with Crippen LogP contribution >= 0.6 is 12.2 Å². The third-order valence-electron chi connectivity index (χ3n) is 0.882. The van der Waals surface area contributed by atoms with E-state index in [1.54, 1.807) is 0 Å². The van der Waals surface area contributed by atoms with Crippen molar-refractivity contribution in [3.63, 3.8) is 0 Å². The Kier molecular flexibility index (Phi) is 6.17. The predicted octanol–water partition coefficient (Wildman–Crippen LogP) is 2.44. The van der Waals surface area contributed by atoms with Crippen LogP contribution in [0.4, 0.5) is 0 Å². The Morgan fingerprint density at radius 3 is 2.57 bits per heavy atom. The average molecular weight is 115 g/mol. The number of rotatable bonds is 4. The van der Waals surface area contributed by atoms with Gasteiger partial charge in [0.15, 0.2) is 0 Å². The third kappa shape index (κ3) is 6.09. The Morgan fingerprint density at radius 1 is 1.43 bits per heavy atom. The highest BCUT2D eigenvalue weighted by Gasteiger charge is 1.78. The summed E-state index contributed by atoms with van der Waals surface area (Å²) in [6.45, 7) is 2.18. The van der Waals surface area contributed by atoms with Crippen LogP contribution in [0, 0.1) is 0 Å². The number of hydrogen-bond donors (Lipinski definition) is 0. The van der Waals surface area contributed by atoms with E-state index < -0.39 is 0 Å². The predicted molar refractivity (Wildman–Crippen MR) is 36.7 cm³/mol. The van der Waals surface area contributed by atoms with Gasteiger partial charge in [-0.2, -0.15) is 0 Å². The van der Waals surface area contributed by atoms with E-state index in [1.807, 2.05) is 0 Å². The van der Waals surface area contributed by atoms with Crippen molar-refractivity contribution in [1.29, 1.82) is 0 Å². The lowest BCUT2D eigenvalue weighted by atomic mass is 10.2. The SMILES string of the molecule is CCCCC[C]=S. The maximum absolute atomic E-state index is 4.52. The van der Waals surface area contributed by atoms with E-state index in [2.05, 4.69) is 24.5 Å². The van der Waals surface area contributed by atoms with Crippen LogP contribution in [0.5, 0.6) is 0 Å². The topological polar surface area (TPSA) is 0 Å². The molecule has 1 heteroatoms. The molecular weight excluding hydrogens is 104 g/mol. The highest BCUT2D eigenvalue weighted by atomic mass is 32.1. The summed E-state index contributed by atoms with van der Waals surface area (Å²) in [7, 11) is 0. The third-order valence-corrected chi connectivity index (χ3v) is 1.09. The molecule has 0 aliphatic rings. The van der Waals surface area contributed by atoms with Crippen LogP contribution in [0.25, 0.3) is 0 Å². The van der Waals surface area contributed by atoms with Gasteiger partial charge in [0, 0.05) is 5.37 Å². The normalized spacial score (nSPS) is 8.71. The van der Waals surface area contributed by atoms with E-state index in [0.717, 1.165) is 6.42 Å². The molecule has 0 N–H and O–H groups in total. The van der Waals surface area contributed by atoms with Crippen LogP contribution in [-0.4, -0.2) is 5.37 Å². The first-order chi connectivity index (χ1) is 3.41. The molecule has 0 bridgehead atoms. The summed E-state index contributed by atoms with van der Waals surface area (Å²) in [5.74, 6) is 0. The zero-order valence-corrected chi connectivity index (χ0v) is 5.55. The van der Waals surface area contributed by atoms with Crippen molar-refractivity contribution in [2.45, 2.75) is 32.6 Å². The van der Waals surface area contributed by atoms with Gasteiger partial charge in [0.05, 0.1) is 0 Å². The Hall–Kier alpha value is 0.0900. The molecule has 0 aromatic carbocycles. The van der Waals surface area contributed by atoms with Gasteiger partial charge in [0.1, 0.15) is 0 Å². The summed E-state index contributed by atoms with van der Waals surface area (Å²) in [6.07, 6.45) is 4.78. The molecule has 0 amide bonds. The molecule has 0 aromatic heterocycles. The second kappa shape index (κ2) is 6.09. The van der Waals surface area contributed by atoms with Crippen LogP contribution in [-0.2, 0) is 0 Å². The van der Waals surface area contributed by atoms with E-state index in [0.29, 0.717) is 0 Å². The first-order valence-corrected chi connectivity index (χ1v) is 3.17. The maximum Gasteiger partial charge on any atom is 0.0291 e.